The Morgan fingerprint density at radius 2 is 1.96 bits per heavy atom. The van der Waals surface area contributed by atoms with Crippen LogP contribution in [0.15, 0.2) is 48.5 Å². The summed E-state index contributed by atoms with van der Waals surface area (Å²) in [6, 6.07) is 15.4. The number of thiazole rings is 1. The van der Waals surface area contributed by atoms with E-state index in [0.717, 1.165) is 31.9 Å². The molecule has 0 aliphatic rings. The number of amides is 1. The van der Waals surface area contributed by atoms with E-state index in [9.17, 15) is 4.79 Å². The number of carbonyl (C=O) groups is 1. The van der Waals surface area contributed by atoms with Crippen LogP contribution < -0.4 is 5.32 Å². The number of anilines is 1. The van der Waals surface area contributed by atoms with Crippen LogP contribution in [-0.2, 0) is 6.42 Å². The predicted octanol–water partition coefficient (Wildman–Crippen LogP) is 5.54. The van der Waals surface area contributed by atoms with Crippen LogP contribution >= 0.6 is 33.9 Å². The summed E-state index contributed by atoms with van der Waals surface area (Å²) >= 11 is 3.96. The first-order chi connectivity index (χ1) is 11.6. The van der Waals surface area contributed by atoms with E-state index in [0.29, 0.717) is 5.56 Å². The van der Waals surface area contributed by atoms with Gasteiger partial charge in [-0.25, -0.2) is 4.98 Å². The maximum atomic E-state index is 12.4. The first-order valence-corrected chi connectivity index (χ1v) is 9.60. The lowest BCUT2D eigenvalue weighted by atomic mass is 10.1. The average molecular weight is 448 g/mol. The highest BCUT2D eigenvalue weighted by molar-refractivity contribution is 14.1. The summed E-state index contributed by atoms with van der Waals surface area (Å²) in [5.41, 5.74) is 3.54. The van der Waals surface area contributed by atoms with Gasteiger partial charge in [-0.1, -0.05) is 25.1 Å². The molecule has 3 rings (SSSR count). The minimum absolute atomic E-state index is 0.103. The van der Waals surface area contributed by atoms with Crippen LogP contribution in [-0.4, -0.2) is 10.9 Å². The maximum absolute atomic E-state index is 12.4. The summed E-state index contributed by atoms with van der Waals surface area (Å²) < 4.78 is 1.09. The van der Waals surface area contributed by atoms with Gasteiger partial charge in [0.1, 0.15) is 0 Å². The molecule has 0 bridgehead atoms. The molecule has 122 valence electrons. The highest BCUT2D eigenvalue weighted by atomic mass is 127. The van der Waals surface area contributed by atoms with Crippen LogP contribution in [0.4, 0.5) is 5.69 Å². The summed E-state index contributed by atoms with van der Waals surface area (Å²) in [6.45, 7) is 4.16. The van der Waals surface area contributed by atoms with E-state index >= 15 is 0 Å². The first kappa shape index (κ1) is 17.1. The number of nitrogens with zero attached hydrogens (tertiary/aromatic N) is 1. The molecular weight excluding hydrogens is 431 g/mol. The van der Waals surface area contributed by atoms with Gasteiger partial charge in [0, 0.05) is 25.3 Å². The van der Waals surface area contributed by atoms with Gasteiger partial charge in [-0.05, 0) is 66.3 Å². The van der Waals surface area contributed by atoms with Crippen molar-refractivity contribution in [2.75, 3.05) is 5.32 Å². The molecule has 0 atom stereocenters. The molecule has 0 saturated carbocycles. The number of nitrogens with one attached hydrogen (secondary N) is 1. The summed E-state index contributed by atoms with van der Waals surface area (Å²) in [4.78, 5) is 18.3. The molecule has 1 heterocycles. The monoisotopic (exact) mass is 448 g/mol. The van der Waals surface area contributed by atoms with E-state index in [-0.39, 0.29) is 5.91 Å². The minimum Gasteiger partial charge on any atom is -0.322 e. The first-order valence-electron chi connectivity index (χ1n) is 7.70. The number of hydrogen-bond donors (Lipinski definition) is 1. The highest BCUT2D eigenvalue weighted by Crippen LogP contribution is 2.28. The van der Waals surface area contributed by atoms with E-state index in [1.54, 1.807) is 11.3 Å². The zero-order valence-corrected chi connectivity index (χ0v) is 16.4. The number of aryl methyl sites for hydroxylation is 2. The fourth-order valence-electron chi connectivity index (χ4n) is 2.48. The number of carbonyl (C=O) groups excluding carboxylic acids is 1. The van der Waals surface area contributed by atoms with Gasteiger partial charge in [0.2, 0.25) is 0 Å². The number of halogens is 1. The Labute approximate surface area is 159 Å². The van der Waals surface area contributed by atoms with Crippen molar-refractivity contribution in [1.29, 1.82) is 0 Å². The van der Waals surface area contributed by atoms with Gasteiger partial charge in [-0.2, -0.15) is 0 Å². The van der Waals surface area contributed by atoms with Crippen LogP contribution in [0.2, 0.25) is 0 Å². The van der Waals surface area contributed by atoms with Gasteiger partial charge in [0.15, 0.2) is 0 Å². The lowest BCUT2D eigenvalue weighted by Gasteiger charge is -2.07. The van der Waals surface area contributed by atoms with Crippen molar-refractivity contribution in [2.24, 2.45) is 0 Å². The van der Waals surface area contributed by atoms with E-state index in [2.05, 4.69) is 39.8 Å². The molecule has 3 nitrogen and oxygen atoms in total. The maximum Gasteiger partial charge on any atom is 0.255 e. The van der Waals surface area contributed by atoms with Gasteiger partial charge in [-0.15, -0.1) is 11.3 Å². The SMILES string of the molecule is CCc1sc(C)nc1-c1ccc(C(=O)Nc2cccc(I)c2)cc1. The highest BCUT2D eigenvalue weighted by Gasteiger charge is 2.11. The Morgan fingerprint density at radius 3 is 2.62 bits per heavy atom. The lowest BCUT2D eigenvalue weighted by Crippen LogP contribution is -2.11. The molecule has 0 spiro atoms. The van der Waals surface area contributed by atoms with Crippen molar-refractivity contribution in [3.63, 3.8) is 0 Å². The second kappa shape index (κ2) is 7.44. The van der Waals surface area contributed by atoms with Crippen LogP contribution in [0.3, 0.4) is 0 Å². The number of benzene rings is 2. The van der Waals surface area contributed by atoms with Crippen molar-refractivity contribution in [1.82, 2.24) is 4.98 Å². The standard InChI is InChI=1S/C19H17IN2OS/c1-3-17-18(21-12(2)24-17)13-7-9-14(10-8-13)19(23)22-16-6-4-5-15(20)11-16/h4-11H,3H2,1-2H3,(H,22,23). The molecule has 2 aromatic carbocycles. The molecule has 24 heavy (non-hydrogen) atoms. The Hall–Kier alpha value is -1.73. The molecular formula is C19H17IN2OS. The van der Waals surface area contributed by atoms with Gasteiger partial charge in [-0.3, -0.25) is 4.79 Å². The third kappa shape index (κ3) is 3.84. The molecule has 1 N–H and O–H groups in total. The number of hydrogen-bond acceptors (Lipinski definition) is 3. The molecule has 1 aromatic heterocycles. The van der Waals surface area contributed by atoms with Gasteiger partial charge >= 0.3 is 0 Å². The van der Waals surface area contributed by atoms with Crippen molar-refractivity contribution in [2.45, 2.75) is 20.3 Å². The molecule has 0 aliphatic carbocycles. The predicted molar refractivity (Wildman–Crippen MR) is 109 cm³/mol. The summed E-state index contributed by atoms with van der Waals surface area (Å²) in [7, 11) is 0. The van der Waals surface area contributed by atoms with Crippen LogP contribution in [0.25, 0.3) is 11.3 Å². The molecule has 5 heteroatoms. The topological polar surface area (TPSA) is 42.0 Å². The summed E-state index contributed by atoms with van der Waals surface area (Å²) in [6.07, 6.45) is 0.968. The molecule has 0 aliphatic heterocycles. The molecule has 0 fully saturated rings. The van der Waals surface area contributed by atoms with Crippen molar-refractivity contribution >= 4 is 45.5 Å². The van der Waals surface area contributed by atoms with Crippen LogP contribution in [0.5, 0.6) is 0 Å². The molecule has 1 amide bonds. The summed E-state index contributed by atoms with van der Waals surface area (Å²) in [5, 5.41) is 4.00. The number of aromatic nitrogens is 1. The van der Waals surface area contributed by atoms with E-state index in [4.69, 9.17) is 0 Å². The normalized spacial score (nSPS) is 10.6. The third-order valence-corrected chi connectivity index (χ3v) is 5.41. The quantitative estimate of drug-likeness (QED) is 0.533. The fourth-order valence-corrected chi connectivity index (χ4v) is 3.92. The smallest absolute Gasteiger partial charge is 0.255 e. The van der Waals surface area contributed by atoms with Gasteiger partial charge < -0.3 is 5.32 Å². The van der Waals surface area contributed by atoms with Gasteiger partial charge in [0.05, 0.1) is 10.7 Å². The van der Waals surface area contributed by atoms with Crippen molar-refractivity contribution in [3.05, 3.63) is 67.5 Å². The minimum atomic E-state index is -0.103. The van der Waals surface area contributed by atoms with E-state index in [1.807, 2.05) is 55.5 Å². The number of rotatable bonds is 4. The van der Waals surface area contributed by atoms with Crippen molar-refractivity contribution < 1.29 is 4.79 Å². The zero-order valence-electron chi connectivity index (χ0n) is 13.5. The molecule has 0 radical (unpaired) electrons. The van der Waals surface area contributed by atoms with Crippen LogP contribution in [0, 0.1) is 10.5 Å². The fraction of sp³-hybridized carbons (Fsp3) is 0.158. The Bertz CT molecular complexity index is 871. The lowest BCUT2D eigenvalue weighted by molar-refractivity contribution is 0.102. The average Bonchev–Trinajstić information content (AvgIpc) is 2.96. The van der Waals surface area contributed by atoms with Crippen LogP contribution in [0.1, 0.15) is 27.2 Å². The Kier molecular flexibility index (Phi) is 5.30. The molecule has 0 unspecified atom stereocenters. The summed E-state index contributed by atoms with van der Waals surface area (Å²) in [5.74, 6) is -0.103. The second-order valence-corrected chi connectivity index (χ2v) is 7.93. The van der Waals surface area contributed by atoms with E-state index < -0.39 is 0 Å². The van der Waals surface area contributed by atoms with E-state index in [1.165, 1.54) is 4.88 Å². The Morgan fingerprint density at radius 1 is 1.21 bits per heavy atom. The zero-order chi connectivity index (χ0) is 17.1. The van der Waals surface area contributed by atoms with Crippen molar-refractivity contribution in [3.8, 4) is 11.3 Å². The Balaban J connectivity index is 1.80. The third-order valence-electron chi connectivity index (χ3n) is 3.63. The largest absolute Gasteiger partial charge is 0.322 e. The van der Waals surface area contributed by atoms with Gasteiger partial charge in [0.25, 0.3) is 5.91 Å². The molecule has 0 saturated heterocycles. The second-order valence-electron chi connectivity index (χ2n) is 5.40. The molecule has 3 aromatic rings.